The highest BCUT2D eigenvalue weighted by molar-refractivity contribution is 5.82. The predicted octanol–water partition coefficient (Wildman–Crippen LogP) is 4.84. The summed E-state index contributed by atoms with van der Waals surface area (Å²) in [5, 5.41) is 21.8. The number of rotatable bonds is 5. The van der Waals surface area contributed by atoms with Crippen LogP contribution in [0.3, 0.4) is 0 Å². The Morgan fingerprint density at radius 3 is 2.48 bits per heavy atom. The molecule has 214 valence electrons. The Kier molecular flexibility index (Phi) is 8.95. The molecule has 0 bridgehead atoms. The van der Waals surface area contributed by atoms with Crippen molar-refractivity contribution in [2.24, 2.45) is 5.41 Å². The standard InChI is InChI=1S/C28H30F4N4O4/c1-25(2,3)40-24(38)36-12-7-13-39-22(17-36)23(37)35-21(16-33)15-26(18-34)11-10-20(19-8-5-4-6-9-19)14-27(26,29)28(30,31)32/h4-6,8-11,14,21-22H,7,12-13,15,17H2,1-3H3,(H,35,37)/t21?,22-,26?,27?/m0/s1. The largest absolute Gasteiger partial charge is 0.444 e. The molecule has 1 heterocycles. The zero-order valence-electron chi connectivity index (χ0n) is 22.3. The van der Waals surface area contributed by atoms with Gasteiger partial charge in [0.1, 0.15) is 17.1 Å². The average molecular weight is 563 g/mol. The summed E-state index contributed by atoms with van der Waals surface area (Å²) < 4.78 is 69.6. The Hall–Kier alpha value is -3.90. The molecule has 1 fully saturated rings. The van der Waals surface area contributed by atoms with Gasteiger partial charge in [-0.2, -0.15) is 23.7 Å². The van der Waals surface area contributed by atoms with Gasteiger partial charge in [-0.25, -0.2) is 9.18 Å². The van der Waals surface area contributed by atoms with Crippen molar-refractivity contribution in [1.82, 2.24) is 10.2 Å². The van der Waals surface area contributed by atoms with Gasteiger partial charge in [0.05, 0.1) is 18.7 Å². The van der Waals surface area contributed by atoms with E-state index in [1.807, 2.05) is 0 Å². The lowest BCUT2D eigenvalue weighted by atomic mass is 9.66. The maximum absolute atomic E-state index is 16.1. The van der Waals surface area contributed by atoms with Crippen LogP contribution in [-0.4, -0.2) is 66.2 Å². The molecule has 2 amide bonds. The molecule has 1 saturated heterocycles. The van der Waals surface area contributed by atoms with Gasteiger partial charge in [0.15, 0.2) is 6.10 Å². The van der Waals surface area contributed by atoms with Crippen molar-refractivity contribution in [3.8, 4) is 12.1 Å². The van der Waals surface area contributed by atoms with Gasteiger partial charge in [0.2, 0.25) is 5.67 Å². The summed E-state index contributed by atoms with van der Waals surface area (Å²) in [6, 6.07) is 9.19. The number of hydrogen-bond donors (Lipinski definition) is 1. The van der Waals surface area contributed by atoms with Gasteiger partial charge in [0, 0.05) is 19.6 Å². The van der Waals surface area contributed by atoms with E-state index in [0.29, 0.717) is 18.1 Å². The molecule has 0 spiro atoms. The highest BCUT2D eigenvalue weighted by atomic mass is 19.4. The van der Waals surface area contributed by atoms with E-state index in [1.165, 1.54) is 29.2 Å². The Bertz CT molecular complexity index is 1250. The first-order valence-electron chi connectivity index (χ1n) is 12.6. The van der Waals surface area contributed by atoms with Gasteiger partial charge in [-0.15, -0.1) is 0 Å². The Labute approximate surface area is 229 Å². The van der Waals surface area contributed by atoms with Crippen molar-refractivity contribution < 1.29 is 36.6 Å². The minimum atomic E-state index is -5.52. The van der Waals surface area contributed by atoms with E-state index >= 15 is 4.39 Å². The van der Waals surface area contributed by atoms with Crippen LogP contribution in [0.15, 0.2) is 48.6 Å². The van der Waals surface area contributed by atoms with E-state index in [9.17, 15) is 33.3 Å². The number of carbonyl (C=O) groups is 2. The molecule has 0 saturated carbocycles. The van der Waals surface area contributed by atoms with Crippen LogP contribution in [0, 0.1) is 28.1 Å². The molecule has 1 N–H and O–H groups in total. The Morgan fingerprint density at radius 2 is 1.90 bits per heavy atom. The highest BCUT2D eigenvalue weighted by Gasteiger charge is 2.68. The van der Waals surface area contributed by atoms with Crippen molar-refractivity contribution in [1.29, 1.82) is 10.5 Å². The summed E-state index contributed by atoms with van der Waals surface area (Å²) in [4.78, 5) is 26.8. The SMILES string of the molecule is CC(C)(C)OC(=O)N1CCCO[C@H](C(=O)NC(C#N)CC2(C#N)C=CC(c3ccccc3)=CC2(F)C(F)(F)F)C1. The number of carbonyl (C=O) groups excluding carboxylic acids is 2. The molecule has 0 aromatic heterocycles. The number of ether oxygens (including phenoxy) is 2. The highest BCUT2D eigenvalue weighted by Crippen LogP contribution is 2.54. The van der Waals surface area contributed by atoms with E-state index in [4.69, 9.17) is 9.47 Å². The van der Waals surface area contributed by atoms with Gasteiger partial charge in [-0.3, -0.25) is 4.79 Å². The first-order chi connectivity index (χ1) is 18.6. The first kappa shape index (κ1) is 30.6. The summed E-state index contributed by atoms with van der Waals surface area (Å²) in [5.74, 6) is -0.896. The predicted molar refractivity (Wildman–Crippen MR) is 136 cm³/mol. The lowest BCUT2D eigenvalue weighted by Crippen LogP contribution is -2.56. The minimum absolute atomic E-state index is 0.0852. The van der Waals surface area contributed by atoms with Gasteiger partial charge in [0.25, 0.3) is 5.91 Å². The van der Waals surface area contributed by atoms with E-state index in [2.05, 4.69) is 5.32 Å². The Balaban J connectivity index is 1.83. The van der Waals surface area contributed by atoms with E-state index in [-0.39, 0.29) is 25.3 Å². The summed E-state index contributed by atoms with van der Waals surface area (Å²) in [7, 11) is 0. The van der Waals surface area contributed by atoms with Crippen molar-refractivity contribution in [2.45, 2.75) is 63.2 Å². The summed E-state index contributed by atoms with van der Waals surface area (Å²) in [6.45, 7) is 5.12. The second-order valence-corrected chi connectivity index (χ2v) is 10.6. The molecule has 2 aliphatic rings. The summed E-state index contributed by atoms with van der Waals surface area (Å²) in [6.07, 6.45) is -5.75. The summed E-state index contributed by atoms with van der Waals surface area (Å²) >= 11 is 0. The zero-order chi connectivity index (χ0) is 29.8. The van der Waals surface area contributed by atoms with Crippen molar-refractivity contribution in [2.75, 3.05) is 19.7 Å². The first-order valence-corrected chi connectivity index (χ1v) is 12.6. The van der Waals surface area contributed by atoms with Crippen LogP contribution in [-0.2, 0) is 14.3 Å². The van der Waals surface area contributed by atoms with Crippen LogP contribution in [0.5, 0.6) is 0 Å². The van der Waals surface area contributed by atoms with Gasteiger partial charge < -0.3 is 19.7 Å². The number of nitrogens with one attached hydrogen (secondary N) is 1. The van der Waals surface area contributed by atoms with Gasteiger partial charge in [-0.1, -0.05) is 42.5 Å². The lowest BCUT2D eigenvalue weighted by molar-refractivity contribution is -0.235. The number of nitrogens with zero attached hydrogens (tertiary/aromatic N) is 3. The van der Waals surface area contributed by atoms with Crippen molar-refractivity contribution in [3.63, 3.8) is 0 Å². The molecule has 4 atom stereocenters. The fourth-order valence-electron chi connectivity index (χ4n) is 4.46. The quantitative estimate of drug-likeness (QED) is 0.514. The third-order valence-electron chi connectivity index (χ3n) is 6.49. The van der Waals surface area contributed by atoms with E-state index in [0.717, 1.165) is 6.08 Å². The fraction of sp³-hybridized carbons (Fsp3) is 0.500. The molecule has 3 unspecified atom stereocenters. The molecule has 1 aromatic carbocycles. The molecule has 12 heteroatoms. The van der Waals surface area contributed by atoms with Crippen molar-refractivity contribution in [3.05, 3.63) is 54.1 Å². The maximum Gasteiger partial charge on any atom is 0.428 e. The number of benzene rings is 1. The number of allylic oxidation sites excluding steroid dienone is 4. The molecule has 8 nitrogen and oxygen atoms in total. The topological polar surface area (TPSA) is 115 Å². The Morgan fingerprint density at radius 1 is 1.23 bits per heavy atom. The smallest absolute Gasteiger partial charge is 0.428 e. The van der Waals surface area contributed by atoms with Crippen LogP contribution >= 0.6 is 0 Å². The van der Waals surface area contributed by atoms with Crippen molar-refractivity contribution >= 4 is 17.6 Å². The van der Waals surface area contributed by atoms with Gasteiger partial charge in [-0.05, 0) is 44.4 Å². The molecule has 1 aliphatic heterocycles. The third-order valence-corrected chi connectivity index (χ3v) is 6.49. The molecule has 0 radical (unpaired) electrons. The number of hydrogen-bond acceptors (Lipinski definition) is 6. The zero-order valence-corrected chi connectivity index (χ0v) is 22.3. The van der Waals surface area contributed by atoms with Crippen LogP contribution in [0.2, 0.25) is 0 Å². The monoisotopic (exact) mass is 562 g/mol. The van der Waals surface area contributed by atoms with E-state index in [1.54, 1.807) is 45.0 Å². The minimum Gasteiger partial charge on any atom is -0.444 e. The van der Waals surface area contributed by atoms with Crippen LogP contribution in [0.25, 0.3) is 5.57 Å². The van der Waals surface area contributed by atoms with Crippen LogP contribution in [0.4, 0.5) is 22.4 Å². The van der Waals surface area contributed by atoms with Crippen LogP contribution < -0.4 is 5.32 Å². The van der Waals surface area contributed by atoms with Gasteiger partial charge >= 0.3 is 12.3 Å². The normalized spacial score (nSPS) is 26.0. The third kappa shape index (κ3) is 6.62. The molecule has 1 aromatic rings. The molecular formula is C28H30F4N4O4. The van der Waals surface area contributed by atoms with E-state index < -0.39 is 53.4 Å². The molecule has 40 heavy (non-hydrogen) atoms. The maximum atomic E-state index is 16.1. The molecule has 1 aliphatic carbocycles. The summed E-state index contributed by atoms with van der Waals surface area (Å²) in [5.41, 5.74) is -7.59. The number of nitriles is 2. The molecular weight excluding hydrogens is 532 g/mol. The fourth-order valence-corrected chi connectivity index (χ4v) is 4.46. The average Bonchev–Trinajstić information content (AvgIpc) is 3.15. The number of halogens is 4. The second kappa shape index (κ2) is 11.7. The second-order valence-electron chi connectivity index (χ2n) is 10.6. The van der Waals surface area contributed by atoms with Crippen LogP contribution in [0.1, 0.15) is 39.2 Å². The number of amides is 2. The lowest BCUT2D eigenvalue weighted by Gasteiger charge is -2.41. The molecule has 3 rings (SSSR count). The number of alkyl halides is 4.